The van der Waals surface area contributed by atoms with Gasteiger partial charge in [0.2, 0.25) is 0 Å². The number of carbonyl (C=O) groups is 1. The molecule has 2 aromatic rings. The molecule has 1 aliphatic heterocycles. The minimum absolute atomic E-state index is 0.00991. The maximum atomic E-state index is 11.9. The highest BCUT2D eigenvalue weighted by atomic mass is 16.5. The number of ether oxygens (including phenoxy) is 1. The van der Waals surface area contributed by atoms with E-state index in [1.807, 2.05) is 44.2 Å². The number of benzene rings is 2. The van der Waals surface area contributed by atoms with Crippen LogP contribution in [0.3, 0.4) is 0 Å². The maximum absolute atomic E-state index is 11.9. The van der Waals surface area contributed by atoms with Crippen LogP contribution in [0.5, 0.6) is 5.75 Å². The van der Waals surface area contributed by atoms with Gasteiger partial charge in [0.25, 0.3) is 0 Å². The van der Waals surface area contributed by atoms with E-state index in [0.29, 0.717) is 6.61 Å². The Labute approximate surface area is 167 Å². The first-order valence-corrected chi connectivity index (χ1v) is 9.81. The molecule has 0 amide bonds. The fraction of sp³-hybridized carbons (Fsp3) is 0.375. The molecule has 3 rings (SSSR count). The summed E-state index contributed by atoms with van der Waals surface area (Å²) >= 11 is 0. The molecule has 4 nitrogen and oxygen atoms in total. The summed E-state index contributed by atoms with van der Waals surface area (Å²) in [4.78, 5) is 14.0. The molecular weight excluding hydrogens is 350 g/mol. The molecule has 1 atom stereocenters. The number of rotatable bonds is 6. The third-order valence-electron chi connectivity index (χ3n) is 5.20. The standard InChI is InChI=1S/C24H29NO3/c1-16(2)23(24(26)27)17-11-12-22-21(14-17)20(10-7-13-25(3)4)19-9-6-5-8-18(19)15-28-22/h5-6,8-12,14,16,23H,7,13,15H2,1-4H3,(H,26,27). The lowest BCUT2D eigenvalue weighted by Gasteiger charge is -2.19. The zero-order valence-electron chi connectivity index (χ0n) is 17.1. The van der Waals surface area contributed by atoms with Gasteiger partial charge in [-0.1, -0.05) is 50.3 Å². The number of fused-ring (bicyclic) bond motifs is 2. The van der Waals surface area contributed by atoms with Gasteiger partial charge in [0.1, 0.15) is 12.4 Å². The zero-order chi connectivity index (χ0) is 20.3. The summed E-state index contributed by atoms with van der Waals surface area (Å²) in [5, 5.41) is 9.73. The highest BCUT2D eigenvalue weighted by molar-refractivity contribution is 5.86. The Hall–Kier alpha value is -2.59. The normalized spacial score (nSPS) is 15.7. The minimum Gasteiger partial charge on any atom is -0.488 e. The van der Waals surface area contributed by atoms with Gasteiger partial charge in [-0.05, 0) is 60.8 Å². The summed E-state index contributed by atoms with van der Waals surface area (Å²) in [5.74, 6) is -0.505. The van der Waals surface area contributed by atoms with Gasteiger partial charge in [-0.2, -0.15) is 0 Å². The van der Waals surface area contributed by atoms with Crippen LogP contribution in [0.1, 0.15) is 48.4 Å². The molecule has 148 valence electrons. The predicted molar refractivity (Wildman–Crippen MR) is 113 cm³/mol. The molecule has 0 saturated heterocycles. The largest absolute Gasteiger partial charge is 0.488 e. The van der Waals surface area contributed by atoms with Crippen LogP contribution in [-0.4, -0.2) is 36.6 Å². The lowest BCUT2D eigenvalue weighted by atomic mass is 9.85. The van der Waals surface area contributed by atoms with Crippen LogP contribution in [0.15, 0.2) is 48.5 Å². The Kier molecular flexibility index (Phi) is 6.20. The van der Waals surface area contributed by atoms with Crippen LogP contribution in [-0.2, 0) is 11.4 Å². The molecular formula is C24H29NO3. The molecule has 0 fully saturated rings. The molecule has 1 N–H and O–H groups in total. The highest BCUT2D eigenvalue weighted by Crippen LogP contribution is 2.39. The van der Waals surface area contributed by atoms with E-state index < -0.39 is 11.9 Å². The Balaban J connectivity index is 2.13. The number of carboxylic acid groups (broad SMARTS) is 1. The summed E-state index contributed by atoms with van der Waals surface area (Å²) in [6, 6.07) is 14.1. The van der Waals surface area contributed by atoms with Crippen LogP contribution >= 0.6 is 0 Å². The highest BCUT2D eigenvalue weighted by Gasteiger charge is 2.26. The summed E-state index contributed by atoms with van der Waals surface area (Å²) in [7, 11) is 4.13. The number of carboxylic acids is 1. The van der Waals surface area contributed by atoms with E-state index in [1.54, 1.807) is 0 Å². The van der Waals surface area contributed by atoms with Crippen molar-refractivity contribution in [3.63, 3.8) is 0 Å². The lowest BCUT2D eigenvalue weighted by molar-refractivity contribution is -0.139. The first-order chi connectivity index (χ1) is 13.4. The van der Waals surface area contributed by atoms with Gasteiger partial charge in [-0.25, -0.2) is 0 Å². The number of aliphatic carboxylic acids is 1. The molecule has 4 heteroatoms. The van der Waals surface area contributed by atoms with E-state index in [9.17, 15) is 9.90 Å². The van der Waals surface area contributed by atoms with Gasteiger partial charge in [0.15, 0.2) is 0 Å². The van der Waals surface area contributed by atoms with Gasteiger partial charge < -0.3 is 14.7 Å². The van der Waals surface area contributed by atoms with Crippen molar-refractivity contribution in [2.24, 2.45) is 5.92 Å². The number of hydrogen-bond donors (Lipinski definition) is 1. The van der Waals surface area contributed by atoms with E-state index in [-0.39, 0.29) is 5.92 Å². The van der Waals surface area contributed by atoms with E-state index in [1.165, 1.54) is 0 Å². The van der Waals surface area contributed by atoms with Crippen molar-refractivity contribution in [2.45, 2.75) is 32.8 Å². The molecule has 0 spiro atoms. The molecule has 28 heavy (non-hydrogen) atoms. The number of nitrogens with zero attached hydrogens (tertiary/aromatic N) is 1. The van der Waals surface area contributed by atoms with E-state index >= 15 is 0 Å². The third kappa shape index (κ3) is 4.28. The first-order valence-electron chi connectivity index (χ1n) is 9.81. The van der Waals surface area contributed by atoms with Crippen LogP contribution in [0.4, 0.5) is 0 Å². The van der Waals surface area contributed by atoms with Crippen molar-refractivity contribution in [1.29, 1.82) is 0 Å². The van der Waals surface area contributed by atoms with Crippen molar-refractivity contribution in [1.82, 2.24) is 4.90 Å². The van der Waals surface area contributed by atoms with Crippen LogP contribution in [0.2, 0.25) is 0 Å². The first kappa shape index (κ1) is 20.2. The molecule has 2 aromatic carbocycles. The van der Waals surface area contributed by atoms with Crippen LogP contribution in [0.25, 0.3) is 5.57 Å². The van der Waals surface area contributed by atoms with Crippen molar-refractivity contribution < 1.29 is 14.6 Å². The van der Waals surface area contributed by atoms with Gasteiger partial charge in [-0.15, -0.1) is 0 Å². The molecule has 1 unspecified atom stereocenters. The van der Waals surface area contributed by atoms with Crippen molar-refractivity contribution in [3.8, 4) is 5.75 Å². The molecule has 1 aliphatic rings. The lowest BCUT2D eigenvalue weighted by Crippen LogP contribution is -2.17. The SMILES string of the molecule is CC(C)C(C(=O)O)c1ccc2c(c1)C(=CCCN(C)C)c1ccccc1CO2. The van der Waals surface area contributed by atoms with Gasteiger partial charge >= 0.3 is 5.97 Å². The number of hydrogen-bond acceptors (Lipinski definition) is 3. The van der Waals surface area contributed by atoms with Crippen molar-refractivity contribution in [3.05, 3.63) is 70.8 Å². The quantitative estimate of drug-likeness (QED) is 0.784. The average molecular weight is 380 g/mol. The van der Waals surface area contributed by atoms with Crippen molar-refractivity contribution >= 4 is 11.5 Å². The van der Waals surface area contributed by atoms with Gasteiger partial charge in [-0.3, -0.25) is 4.79 Å². The second kappa shape index (κ2) is 8.61. The molecule has 0 saturated carbocycles. The summed E-state index contributed by atoms with van der Waals surface area (Å²) < 4.78 is 6.09. The Morgan fingerprint density at radius 3 is 2.61 bits per heavy atom. The fourth-order valence-corrected chi connectivity index (χ4v) is 3.79. The summed E-state index contributed by atoms with van der Waals surface area (Å²) in [6.07, 6.45) is 3.16. The smallest absolute Gasteiger partial charge is 0.311 e. The van der Waals surface area contributed by atoms with E-state index in [2.05, 4.69) is 37.2 Å². The Morgan fingerprint density at radius 2 is 1.93 bits per heavy atom. The van der Waals surface area contributed by atoms with Gasteiger partial charge in [0.05, 0.1) is 5.92 Å². The minimum atomic E-state index is -0.789. The van der Waals surface area contributed by atoms with Crippen LogP contribution < -0.4 is 4.74 Å². The molecule has 1 heterocycles. The Morgan fingerprint density at radius 1 is 1.18 bits per heavy atom. The molecule has 0 radical (unpaired) electrons. The van der Waals surface area contributed by atoms with Crippen molar-refractivity contribution in [2.75, 3.05) is 20.6 Å². The second-order valence-corrected chi connectivity index (χ2v) is 7.97. The van der Waals surface area contributed by atoms with E-state index in [4.69, 9.17) is 4.74 Å². The van der Waals surface area contributed by atoms with Gasteiger partial charge in [0, 0.05) is 12.1 Å². The molecule has 0 bridgehead atoms. The third-order valence-corrected chi connectivity index (χ3v) is 5.20. The topological polar surface area (TPSA) is 49.8 Å². The predicted octanol–water partition coefficient (Wildman–Crippen LogP) is 4.79. The second-order valence-electron chi connectivity index (χ2n) is 7.97. The molecule has 0 aliphatic carbocycles. The summed E-state index contributed by atoms with van der Waals surface area (Å²) in [6.45, 7) is 5.36. The monoisotopic (exact) mass is 379 g/mol. The zero-order valence-corrected chi connectivity index (χ0v) is 17.1. The maximum Gasteiger partial charge on any atom is 0.311 e. The fourth-order valence-electron chi connectivity index (χ4n) is 3.79. The van der Waals surface area contributed by atoms with Crippen LogP contribution in [0, 0.1) is 5.92 Å². The Bertz CT molecular complexity index is 883. The summed E-state index contributed by atoms with van der Waals surface area (Å²) in [5.41, 5.74) is 5.24. The average Bonchev–Trinajstić information content (AvgIpc) is 2.78. The molecule has 0 aromatic heterocycles. The van der Waals surface area contributed by atoms with E-state index in [0.717, 1.165) is 46.5 Å².